The molecule has 9 heteroatoms. The molecule has 1 heterocycles. The molecule has 2 aliphatic rings. The van der Waals surface area contributed by atoms with Gasteiger partial charge in [0, 0.05) is 46.9 Å². The second-order valence-corrected chi connectivity index (χ2v) is 10.3. The summed E-state index contributed by atoms with van der Waals surface area (Å²) in [6.45, 7) is 3.59. The molecule has 2 unspecified atom stereocenters. The van der Waals surface area contributed by atoms with Crippen molar-refractivity contribution in [3.63, 3.8) is 0 Å². The summed E-state index contributed by atoms with van der Waals surface area (Å²) in [6.07, 6.45) is 0.493. The summed E-state index contributed by atoms with van der Waals surface area (Å²) in [5.41, 5.74) is 0.981. The highest BCUT2D eigenvalue weighted by atomic mass is 16.5. The van der Waals surface area contributed by atoms with Crippen LogP contribution in [0.25, 0.3) is 32.7 Å². The van der Waals surface area contributed by atoms with Gasteiger partial charge in [-0.25, -0.2) is 4.79 Å². The van der Waals surface area contributed by atoms with Crippen LogP contribution in [0.1, 0.15) is 52.1 Å². The zero-order valence-electron chi connectivity index (χ0n) is 20.5. The zero-order chi connectivity index (χ0) is 27.2. The molecule has 2 atom stereocenters. The maximum Gasteiger partial charge on any atom is 0.342 e. The van der Waals surface area contributed by atoms with E-state index in [0.717, 1.165) is 12.1 Å². The SMILES string of the molecule is CC1CC(=O)c2c(cc3c(-c4c(O)cc(O)c5c(O)c6c(cc45)CC(C)OC6=O)c(O)cc(O)c3c2O)C1. The number of phenolic OH excluding ortho intramolecular Hbond substituents is 6. The van der Waals surface area contributed by atoms with E-state index in [1.807, 2.05) is 6.92 Å². The second kappa shape index (κ2) is 7.92. The minimum absolute atomic E-state index is 0.000437. The van der Waals surface area contributed by atoms with Crippen molar-refractivity contribution >= 4 is 33.3 Å². The second-order valence-electron chi connectivity index (χ2n) is 10.3. The van der Waals surface area contributed by atoms with Crippen LogP contribution in [-0.4, -0.2) is 48.5 Å². The van der Waals surface area contributed by atoms with Gasteiger partial charge in [0.05, 0.1) is 16.3 Å². The Morgan fingerprint density at radius 1 is 0.632 bits per heavy atom. The number of rotatable bonds is 1. The van der Waals surface area contributed by atoms with Crippen molar-refractivity contribution in [3.05, 3.63) is 46.5 Å². The van der Waals surface area contributed by atoms with Gasteiger partial charge >= 0.3 is 5.97 Å². The van der Waals surface area contributed by atoms with Gasteiger partial charge in [-0.1, -0.05) is 6.92 Å². The van der Waals surface area contributed by atoms with Gasteiger partial charge in [-0.15, -0.1) is 0 Å². The number of fused-ring (bicyclic) bond motifs is 4. The molecular formula is C29H24O9. The monoisotopic (exact) mass is 516 g/mol. The Morgan fingerprint density at radius 2 is 1.13 bits per heavy atom. The summed E-state index contributed by atoms with van der Waals surface area (Å²) >= 11 is 0. The van der Waals surface area contributed by atoms with E-state index in [0.29, 0.717) is 17.5 Å². The summed E-state index contributed by atoms with van der Waals surface area (Å²) in [5, 5.41) is 65.8. The van der Waals surface area contributed by atoms with E-state index < -0.39 is 46.6 Å². The number of cyclic esters (lactones) is 1. The van der Waals surface area contributed by atoms with E-state index in [4.69, 9.17) is 4.74 Å². The van der Waals surface area contributed by atoms with Crippen molar-refractivity contribution in [1.82, 2.24) is 0 Å². The standard InChI is InChI=1S/C29H24O9/c1-10-3-12-6-14-23(17(31)8-19(33)25(14)27(35)21(12)16(30)4-10)24-15-7-13-5-11(2)38-29(37)22(13)28(36)26(15)20(34)9-18(24)32/h6-11,31-36H,3-5H2,1-2H3. The molecule has 1 aliphatic heterocycles. The quantitative estimate of drug-likeness (QED) is 0.196. The third-order valence-electron chi connectivity index (χ3n) is 7.53. The molecular weight excluding hydrogens is 492 g/mol. The van der Waals surface area contributed by atoms with Gasteiger partial charge in [0.2, 0.25) is 0 Å². The summed E-state index contributed by atoms with van der Waals surface area (Å²) in [5.74, 6) is -3.83. The van der Waals surface area contributed by atoms with Crippen LogP contribution in [0.4, 0.5) is 0 Å². The minimum Gasteiger partial charge on any atom is -0.507 e. The molecule has 0 saturated carbocycles. The van der Waals surface area contributed by atoms with Crippen molar-refractivity contribution in [2.45, 2.75) is 39.2 Å². The molecule has 0 amide bonds. The van der Waals surface area contributed by atoms with E-state index in [2.05, 4.69) is 0 Å². The lowest BCUT2D eigenvalue weighted by Crippen LogP contribution is -2.25. The van der Waals surface area contributed by atoms with Crippen LogP contribution >= 0.6 is 0 Å². The minimum atomic E-state index is -0.750. The molecule has 4 aromatic rings. The Kier molecular flexibility index (Phi) is 4.94. The highest BCUT2D eigenvalue weighted by Crippen LogP contribution is 2.54. The Hall–Kier alpha value is -4.66. The summed E-state index contributed by atoms with van der Waals surface area (Å²) < 4.78 is 5.24. The van der Waals surface area contributed by atoms with Crippen LogP contribution in [0.3, 0.4) is 0 Å². The van der Waals surface area contributed by atoms with Gasteiger partial charge in [0.1, 0.15) is 46.2 Å². The van der Waals surface area contributed by atoms with Crippen LogP contribution in [0, 0.1) is 5.92 Å². The highest BCUT2D eigenvalue weighted by molar-refractivity contribution is 6.18. The number of benzene rings is 4. The van der Waals surface area contributed by atoms with Gasteiger partial charge in [-0.05, 0) is 42.5 Å². The number of carbonyl (C=O) groups excluding carboxylic acids is 2. The lowest BCUT2D eigenvalue weighted by Gasteiger charge is -2.25. The van der Waals surface area contributed by atoms with Crippen LogP contribution < -0.4 is 0 Å². The Morgan fingerprint density at radius 3 is 1.68 bits per heavy atom. The molecule has 6 rings (SSSR count). The maximum absolute atomic E-state index is 12.8. The van der Waals surface area contributed by atoms with E-state index in [1.54, 1.807) is 13.0 Å². The fourth-order valence-corrected chi connectivity index (χ4v) is 6.03. The number of aromatic hydroxyl groups is 6. The third kappa shape index (κ3) is 3.17. The fraction of sp³-hybridized carbons (Fsp3) is 0.241. The highest BCUT2D eigenvalue weighted by Gasteiger charge is 2.33. The number of phenols is 6. The number of hydrogen-bond donors (Lipinski definition) is 6. The first kappa shape index (κ1) is 23.7. The van der Waals surface area contributed by atoms with E-state index in [-0.39, 0.29) is 68.3 Å². The fourth-order valence-electron chi connectivity index (χ4n) is 6.03. The van der Waals surface area contributed by atoms with E-state index in [9.17, 15) is 40.2 Å². The smallest absolute Gasteiger partial charge is 0.342 e. The summed E-state index contributed by atoms with van der Waals surface area (Å²) in [7, 11) is 0. The number of esters is 1. The van der Waals surface area contributed by atoms with Crippen LogP contribution in [0.2, 0.25) is 0 Å². The molecule has 9 nitrogen and oxygen atoms in total. The van der Waals surface area contributed by atoms with Gasteiger partial charge in [0.25, 0.3) is 0 Å². The predicted molar refractivity (Wildman–Crippen MR) is 137 cm³/mol. The van der Waals surface area contributed by atoms with Gasteiger partial charge in [-0.2, -0.15) is 0 Å². The summed E-state index contributed by atoms with van der Waals surface area (Å²) in [4.78, 5) is 25.3. The number of hydrogen-bond acceptors (Lipinski definition) is 9. The Bertz CT molecular complexity index is 1620. The molecule has 194 valence electrons. The topological polar surface area (TPSA) is 165 Å². The normalized spacial score (nSPS) is 18.9. The molecule has 0 radical (unpaired) electrons. The molecule has 0 saturated heterocycles. The Labute approximate surface area is 215 Å². The van der Waals surface area contributed by atoms with Crippen LogP contribution in [-0.2, 0) is 17.6 Å². The van der Waals surface area contributed by atoms with Gasteiger partial charge < -0.3 is 35.4 Å². The predicted octanol–water partition coefficient (Wildman–Crippen LogP) is 4.76. The first-order chi connectivity index (χ1) is 18.0. The van der Waals surface area contributed by atoms with Crippen molar-refractivity contribution in [3.8, 4) is 45.6 Å². The van der Waals surface area contributed by atoms with Crippen molar-refractivity contribution < 1.29 is 45.0 Å². The van der Waals surface area contributed by atoms with E-state index >= 15 is 0 Å². The van der Waals surface area contributed by atoms with Crippen molar-refractivity contribution in [1.29, 1.82) is 0 Å². The largest absolute Gasteiger partial charge is 0.507 e. The first-order valence-electron chi connectivity index (χ1n) is 12.2. The zero-order valence-corrected chi connectivity index (χ0v) is 20.5. The molecule has 1 aliphatic carbocycles. The van der Waals surface area contributed by atoms with Gasteiger partial charge in [0.15, 0.2) is 5.78 Å². The number of ether oxygens (including phenoxy) is 1. The first-order valence-corrected chi connectivity index (χ1v) is 12.2. The molecule has 6 N–H and O–H groups in total. The molecule has 0 spiro atoms. The number of ketones is 1. The number of carbonyl (C=O) groups is 2. The van der Waals surface area contributed by atoms with E-state index in [1.165, 1.54) is 6.07 Å². The van der Waals surface area contributed by atoms with Crippen molar-refractivity contribution in [2.75, 3.05) is 0 Å². The molecule has 0 aromatic heterocycles. The van der Waals surface area contributed by atoms with Crippen LogP contribution in [0.15, 0.2) is 24.3 Å². The Balaban J connectivity index is 1.77. The molecule has 0 fully saturated rings. The number of Topliss-reactive ketones (excluding diaryl/α,β-unsaturated/α-hetero) is 1. The third-order valence-corrected chi connectivity index (χ3v) is 7.53. The maximum atomic E-state index is 12.8. The lowest BCUT2D eigenvalue weighted by molar-refractivity contribution is 0.0297. The average Bonchev–Trinajstić information content (AvgIpc) is 2.79. The average molecular weight is 517 g/mol. The molecule has 38 heavy (non-hydrogen) atoms. The molecule has 4 aromatic carbocycles. The van der Waals surface area contributed by atoms with Gasteiger partial charge in [-0.3, -0.25) is 4.79 Å². The summed E-state index contributed by atoms with van der Waals surface area (Å²) in [6, 6.07) is 5.11. The lowest BCUT2D eigenvalue weighted by atomic mass is 9.80. The van der Waals surface area contributed by atoms with Crippen molar-refractivity contribution in [2.24, 2.45) is 5.92 Å². The van der Waals surface area contributed by atoms with Crippen LogP contribution in [0.5, 0.6) is 34.5 Å². The molecule has 0 bridgehead atoms.